The Labute approximate surface area is 89.7 Å². The lowest BCUT2D eigenvalue weighted by atomic mass is 10.2. The van der Waals surface area contributed by atoms with Crippen molar-refractivity contribution in [3.05, 3.63) is 0 Å². The number of hydrogen-bond acceptors (Lipinski definition) is 3. The van der Waals surface area contributed by atoms with Crippen molar-refractivity contribution in [2.75, 3.05) is 32.1 Å². The summed E-state index contributed by atoms with van der Waals surface area (Å²) in [6.45, 7) is 4.54. The minimum absolute atomic E-state index is 0.496. The molecule has 0 radical (unpaired) electrons. The lowest BCUT2D eigenvalue weighted by Gasteiger charge is -2.18. The fourth-order valence-corrected chi connectivity index (χ4v) is 2.58. The van der Waals surface area contributed by atoms with E-state index >= 15 is 0 Å². The summed E-state index contributed by atoms with van der Waals surface area (Å²) in [5, 5.41) is 3.59. The van der Waals surface area contributed by atoms with E-state index in [0.29, 0.717) is 12.1 Å². The maximum atomic E-state index is 10.9. The average Bonchev–Trinajstić information content (AvgIpc) is 2.48. The number of hydrogen-bond donors (Lipinski definition) is 1. The summed E-state index contributed by atoms with van der Waals surface area (Å²) in [6.07, 6.45) is 4.04. The molecule has 1 heterocycles. The van der Waals surface area contributed by atoms with E-state index in [-0.39, 0.29) is 0 Å². The van der Waals surface area contributed by atoms with Gasteiger partial charge in [-0.15, -0.1) is 0 Å². The first-order chi connectivity index (χ1) is 6.58. The monoisotopic (exact) mass is 218 g/mol. The highest BCUT2D eigenvalue weighted by Gasteiger charge is 2.20. The van der Waals surface area contributed by atoms with E-state index < -0.39 is 10.8 Å². The second-order valence-corrected chi connectivity index (χ2v) is 5.94. The molecular weight excluding hydrogens is 196 g/mol. The summed E-state index contributed by atoms with van der Waals surface area (Å²) in [5.74, 6) is 0.816. The smallest absolute Gasteiger partial charge is 0.0246 e. The van der Waals surface area contributed by atoms with Gasteiger partial charge in [0.15, 0.2) is 0 Å². The SMILES string of the molecule is CC(CCS(C)=O)NC1CCN(C)C1. The molecule has 1 aliphatic rings. The Hall–Kier alpha value is 0.0700. The van der Waals surface area contributed by atoms with Gasteiger partial charge in [0.05, 0.1) is 0 Å². The number of nitrogens with one attached hydrogen (secondary N) is 1. The first-order valence-corrected chi connectivity index (χ1v) is 7.05. The minimum Gasteiger partial charge on any atom is -0.310 e. The fraction of sp³-hybridized carbons (Fsp3) is 1.00. The third-order valence-electron chi connectivity index (χ3n) is 2.75. The van der Waals surface area contributed by atoms with Crippen LogP contribution in [0.15, 0.2) is 0 Å². The topological polar surface area (TPSA) is 32.3 Å². The molecule has 0 aromatic rings. The van der Waals surface area contributed by atoms with E-state index in [1.54, 1.807) is 6.26 Å². The summed E-state index contributed by atoms with van der Waals surface area (Å²) >= 11 is 0. The Morgan fingerprint density at radius 3 is 2.86 bits per heavy atom. The molecule has 0 aromatic heterocycles. The molecule has 14 heavy (non-hydrogen) atoms. The Bertz CT molecular complexity index is 199. The van der Waals surface area contributed by atoms with Gasteiger partial charge in [-0.2, -0.15) is 0 Å². The van der Waals surface area contributed by atoms with E-state index in [1.807, 2.05) is 0 Å². The highest BCUT2D eigenvalue weighted by molar-refractivity contribution is 7.84. The number of rotatable bonds is 5. The first kappa shape index (κ1) is 12.1. The van der Waals surface area contributed by atoms with Crippen LogP contribution in [0.1, 0.15) is 19.8 Å². The highest BCUT2D eigenvalue weighted by atomic mass is 32.2. The number of likely N-dealkylation sites (N-methyl/N-ethyl adjacent to an activating group) is 1. The Morgan fingerprint density at radius 1 is 1.64 bits per heavy atom. The number of nitrogens with zero attached hydrogens (tertiary/aromatic N) is 1. The van der Waals surface area contributed by atoms with E-state index in [2.05, 4.69) is 24.2 Å². The maximum absolute atomic E-state index is 10.9. The number of likely N-dealkylation sites (tertiary alicyclic amines) is 1. The van der Waals surface area contributed by atoms with Crippen LogP contribution in [-0.2, 0) is 10.8 Å². The fourth-order valence-electron chi connectivity index (χ4n) is 1.90. The van der Waals surface area contributed by atoms with E-state index in [9.17, 15) is 4.21 Å². The summed E-state index contributed by atoms with van der Waals surface area (Å²) in [6, 6.07) is 1.13. The van der Waals surface area contributed by atoms with Gasteiger partial charge in [-0.05, 0) is 33.4 Å². The second-order valence-electron chi connectivity index (χ2n) is 4.38. The normalized spacial score (nSPS) is 27.8. The largest absolute Gasteiger partial charge is 0.310 e. The van der Waals surface area contributed by atoms with Crippen molar-refractivity contribution in [2.24, 2.45) is 0 Å². The van der Waals surface area contributed by atoms with Gasteiger partial charge in [0.2, 0.25) is 0 Å². The third-order valence-corrected chi connectivity index (χ3v) is 3.56. The molecule has 3 unspecified atom stereocenters. The summed E-state index contributed by atoms with van der Waals surface area (Å²) < 4.78 is 10.9. The molecule has 0 spiro atoms. The van der Waals surface area contributed by atoms with Crippen LogP contribution in [0.5, 0.6) is 0 Å². The second kappa shape index (κ2) is 5.83. The Balaban J connectivity index is 2.13. The maximum Gasteiger partial charge on any atom is 0.0246 e. The molecule has 1 aliphatic heterocycles. The summed E-state index contributed by atoms with van der Waals surface area (Å²) in [7, 11) is 1.51. The van der Waals surface area contributed by atoms with Crippen molar-refractivity contribution in [1.29, 1.82) is 0 Å². The van der Waals surface area contributed by atoms with E-state index in [0.717, 1.165) is 18.7 Å². The molecule has 1 N–H and O–H groups in total. The van der Waals surface area contributed by atoms with Crippen molar-refractivity contribution < 1.29 is 4.21 Å². The predicted molar refractivity (Wildman–Crippen MR) is 62.1 cm³/mol. The predicted octanol–water partition coefficient (Wildman–Crippen LogP) is 0.437. The van der Waals surface area contributed by atoms with Crippen LogP contribution < -0.4 is 5.32 Å². The lowest BCUT2D eigenvalue weighted by molar-refractivity contribution is 0.383. The van der Waals surface area contributed by atoms with Gasteiger partial charge in [-0.3, -0.25) is 4.21 Å². The Kier molecular flexibility index (Phi) is 5.06. The molecule has 0 bridgehead atoms. The van der Waals surface area contributed by atoms with Crippen molar-refractivity contribution >= 4 is 10.8 Å². The minimum atomic E-state index is -0.647. The molecule has 1 saturated heterocycles. The lowest BCUT2D eigenvalue weighted by Crippen LogP contribution is -2.38. The van der Waals surface area contributed by atoms with Crippen LogP contribution in [0.2, 0.25) is 0 Å². The Morgan fingerprint density at radius 2 is 2.36 bits per heavy atom. The van der Waals surface area contributed by atoms with Gasteiger partial charge in [0.25, 0.3) is 0 Å². The van der Waals surface area contributed by atoms with Gasteiger partial charge < -0.3 is 10.2 Å². The van der Waals surface area contributed by atoms with Crippen LogP contribution in [0.25, 0.3) is 0 Å². The zero-order valence-corrected chi connectivity index (χ0v) is 10.3. The molecule has 0 aliphatic carbocycles. The van der Waals surface area contributed by atoms with Gasteiger partial charge in [0.1, 0.15) is 0 Å². The molecule has 3 atom stereocenters. The van der Waals surface area contributed by atoms with Crippen LogP contribution >= 0.6 is 0 Å². The highest BCUT2D eigenvalue weighted by Crippen LogP contribution is 2.07. The standard InChI is InChI=1S/C10H22N2OS/c1-9(5-7-14(3)13)11-10-4-6-12(2)8-10/h9-11H,4-8H2,1-3H3. The van der Waals surface area contributed by atoms with Gasteiger partial charge in [0, 0.05) is 41.4 Å². The summed E-state index contributed by atoms with van der Waals surface area (Å²) in [4.78, 5) is 2.35. The average molecular weight is 218 g/mol. The zero-order chi connectivity index (χ0) is 10.6. The van der Waals surface area contributed by atoms with Crippen molar-refractivity contribution in [3.63, 3.8) is 0 Å². The zero-order valence-electron chi connectivity index (χ0n) is 9.45. The van der Waals surface area contributed by atoms with E-state index in [1.165, 1.54) is 13.0 Å². The van der Waals surface area contributed by atoms with Crippen LogP contribution in [0, 0.1) is 0 Å². The molecule has 0 saturated carbocycles. The molecule has 3 nitrogen and oxygen atoms in total. The van der Waals surface area contributed by atoms with Crippen molar-refractivity contribution in [3.8, 4) is 0 Å². The molecule has 84 valence electrons. The molecular formula is C10H22N2OS. The quantitative estimate of drug-likeness (QED) is 0.726. The van der Waals surface area contributed by atoms with Gasteiger partial charge in [-0.25, -0.2) is 0 Å². The molecule has 4 heteroatoms. The van der Waals surface area contributed by atoms with Crippen molar-refractivity contribution in [2.45, 2.75) is 31.8 Å². The van der Waals surface area contributed by atoms with Crippen molar-refractivity contribution in [1.82, 2.24) is 10.2 Å². The van der Waals surface area contributed by atoms with Gasteiger partial charge in [-0.1, -0.05) is 0 Å². The molecule has 1 rings (SSSR count). The molecule has 1 fully saturated rings. The third kappa shape index (κ3) is 4.53. The molecule has 0 amide bonds. The van der Waals surface area contributed by atoms with Crippen LogP contribution in [-0.4, -0.2) is 53.3 Å². The van der Waals surface area contributed by atoms with Crippen LogP contribution in [0.4, 0.5) is 0 Å². The summed E-state index contributed by atoms with van der Waals surface area (Å²) in [5.41, 5.74) is 0. The van der Waals surface area contributed by atoms with Gasteiger partial charge >= 0.3 is 0 Å². The van der Waals surface area contributed by atoms with E-state index in [4.69, 9.17) is 0 Å². The first-order valence-electron chi connectivity index (χ1n) is 5.32. The molecule has 0 aromatic carbocycles. The van der Waals surface area contributed by atoms with Crippen LogP contribution in [0.3, 0.4) is 0 Å².